The molecule has 0 aliphatic heterocycles. The fourth-order valence-corrected chi connectivity index (χ4v) is 7.06. The van der Waals surface area contributed by atoms with Crippen LogP contribution in [0.15, 0.2) is 182 Å². The van der Waals surface area contributed by atoms with E-state index >= 15 is 0 Å². The molecule has 0 atom stereocenters. The lowest BCUT2D eigenvalue weighted by molar-refractivity contribution is 0.654. The van der Waals surface area contributed by atoms with Crippen LogP contribution < -0.4 is 4.90 Å². The number of benzene rings is 6. The normalized spacial score (nSPS) is 13.5. The van der Waals surface area contributed by atoms with Gasteiger partial charge in [-0.2, -0.15) is 0 Å². The van der Waals surface area contributed by atoms with Gasteiger partial charge in [0, 0.05) is 22.2 Å². The lowest BCUT2D eigenvalue weighted by Gasteiger charge is -2.31. The first-order valence-electron chi connectivity index (χ1n) is 16.4. The van der Waals surface area contributed by atoms with Crippen molar-refractivity contribution in [3.8, 4) is 33.4 Å². The zero-order chi connectivity index (χ0) is 32.4. The van der Waals surface area contributed by atoms with Crippen LogP contribution in [-0.4, -0.2) is 0 Å². The van der Waals surface area contributed by atoms with Gasteiger partial charge in [0.05, 0.1) is 11.4 Å². The van der Waals surface area contributed by atoms with E-state index in [9.17, 15) is 0 Å². The van der Waals surface area contributed by atoms with Gasteiger partial charge in [0.2, 0.25) is 0 Å². The Balaban J connectivity index is 1.51. The molecule has 1 aliphatic rings. The summed E-state index contributed by atoms with van der Waals surface area (Å²) in [7, 11) is 0. The molecule has 228 valence electrons. The quantitative estimate of drug-likeness (QED) is 0.167. The van der Waals surface area contributed by atoms with E-state index in [-0.39, 0.29) is 5.41 Å². The van der Waals surface area contributed by atoms with Crippen molar-refractivity contribution in [1.82, 2.24) is 0 Å². The van der Waals surface area contributed by atoms with Crippen LogP contribution in [0.3, 0.4) is 0 Å². The lowest BCUT2D eigenvalue weighted by atomic mass is 9.81. The van der Waals surface area contributed by atoms with Gasteiger partial charge in [0.25, 0.3) is 0 Å². The molecule has 0 unspecified atom stereocenters. The Kier molecular flexibility index (Phi) is 8.06. The molecule has 0 aromatic heterocycles. The summed E-state index contributed by atoms with van der Waals surface area (Å²) in [5, 5.41) is 0. The standard InChI is InChI=1S/C46H39N/c1-5-17-41-39(6-2)45-42(46(41,3)4)24-16-25-44(45)47(38-29-26-35(27-30-38)33-18-10-7-11-19-33)43-31-28-37(34-20-12-8-13-21-34)32-40(43)36-22-14-9-15-23-36/h5-32H,2H2,1,3-4H3/b17-5-. The van der Waals surface area contributed by atoms with Crippen molar-refractivity contribution in [2.45, 2.75) is 26.2 Å². The third-order valence-electron chi connectivity index (χ3n) is 9.39. The number of allylic oxidation sites excluding steroid dienone is 5. The molecule has 6 aromatic carbocycles. The number of hydrogen-bond acceptors (Lipinski definition) is 1. The van der Waals surface area contributed by atoms with Crippen molar-refractivity contribution in [3.63, 3.8) is 0 Å². The minimum atomic E-state index is -0.163. The largest absolute Gasteiger partial charge is 0.309 e. The molecular formula is C46H39N. The van der Waals surface area contributed by atoms with Gasteiger partial charge in [-0.25, -0.2) is 0 Å². The number of anilines is 3. The maximum absolute atomic E-state index is 4.33. The maximum atomic E-state index is 4.33. The van der Waals surface area contributed by atoms with Crippen molar-refractivity contribution in [2.24, 2.45) is 0 Å². The van der Waals surface area contributed by atoms with E-state index in [4.69, 9.17) is 0 Å². The summed E-state index contributed by atoms with van der Waals surface area (Å²) in [5.41, 5.74) is 15.4. The summed E-state index contributed by atoms with van der Waals surface area (Å²) >= 11 is 0. The van der Waals surface area contributed by atoms with E-state index in [1.807, 2.05) is 6.08 Å². The van der Waals surface area contributed by atoms with Gasteiger partial charge in [-0.15, -0.1) is 0 Å². The van der Waals surface area contributed by atoms with E-state index in [0.29, 0.717) is 0 Å². The van der Waals surface area contributed by atoms with Crippen molar-refractivity contribution in [2.75, 3.05) is 4.90 Å². The molecule has 1 heteroatoms. The minimum Gasteiger partial charge on any atom is -0.309 e. The third kappa shape index (κ3) is 5.45. The zero-order valence-corrected chi connectivity index (χ0v) is 27.3. The summed E-state index contributed by atoms with van der Waals surface area (Å²) in [6.45, 7) is 11.1. The topological polar surface area (TPSA) is 3.24 Å². The number of rotatable bonds is 8. The van der Waals surface area contributed by atoms with E-state index < -0.39 is 0 Å². The van der Waals surface area contributed by atoms with Crippen LogP contribution in [0.2, 0.25) is 0 Å². The molecule has 1 aliphatic carbocycles. The first kappa shape index (κ1) is 30.0. The molecule has 0 fully saturated rings. The van der Waals surface area contributed by atoms with Gasteiger partial charge in [0.1, 0.15) is 0 Å². The van der Waals surface area contributed by atoms with Crippen LogP contribution in [0.1, 0.15) is 31.9 Å². The molecule has 0 saturated carbocycles. The van der Waals surface area contributed by atoms with Gasteiger partial charge in [-0.1, -0.05) is 160 Å². The van der Waals surface area contributed by atoms with Crippen LogP contribution in [-0.2, 0) is 5.41 Å². The highest BCUT2D eigenvalue weighted by Gasteiger charge is 2.38. The van der Waals surface area contributed by atoms with Crippen molar-refractivity contribution >= 4 is 22.6 Å². The van der Waals surface area contributed by atoms with Gasteiger partial charge >= 0.3 is 0 Å². The molecule has 6 aromatic rings. The second kappa shape index (κ2) is 12.6. The summed E-state index contributed by atoms with van der Waals surface area (Å²) in [6, 6.07) is 54.6. The summed E-state index contributed by atoms with van der Waals surface area (Å²) in [4.78, 5) is 2.45. The van der Waals surface area contributed by atoms with E-state index in [1.54, 1.807) is 0 Å². The predicted octanol–water partition coefficient (Wildman–Crippen LogP) is 13.0. The lowest BCUT2D eigenvalue weighted by Crippen LogP contribution is -2.17. The number of hydrogen-bond donors (Lipinski definition) is 0. The Morgan fingerprint density at radius 1 is 0.553 bits per heavy atom. The van der Waals surface area contributed by atoms with Crippen molar-refractivity contribution in [3.05, 3.63) is 193 Å². The average molecular weight is 606 g/mol. The number of nitrogens with zero attached hydrogens (tertiary/aromatic N) is 1. The molecule has 0 spiro atoms. The first-order chi connectivity index (χ1) is 23.0. The first-order valence-corrected chi connectivity index (χ1v) is 16.4. The fourth-order valence-electron chi connectivity index (χ4n) is 7.06. The zero-order valence-electron chi connectivity index (χ0n) is 27.3. The van der Waals surface area contributed by atoms with E-state index in [0.717, 1.165) is 17.1 Å². The van der Waals surface area contributed by atoms with Crippen LogP contribution >= 0.6 is 0 Å². The van der Waals surface area contributed by atoms with Crippen molar-refractivity contribution in [1.29, 1.82) is 0 Å². The third-order valence-corrected chi connectivity index (χ3v) is 9.39. The monoisotopic (exact) mass is 605 g/mol. The van der Waals surface area contributed by atoms with Gasteiger partial charge in [-0.3, -0.25) is 0 Å². The predicted molar refractivity (Wildman–Crippen MR) is 202 cm³/mol. The second-order valence-corrected chi connectivity index (χ2v) is 12.6. The molecule has 0 saturated heterocycles. The van der Waals surface area contributed by atoms with Crippen LogP contribution in [0.25, 0.3) is 39.0 Å². The smallest absolute Gasteiger partial charge is 0.0543 e. The van der Waals surface area contributed by atoms with Gasteiger partial charge < -0.3 is 4.90 Å². The van der Waals surface area contributed by atoms with E-state index in [2.05, 4.69) is 196 Å². The fraction of sp³-hybridized carbons (Fsp3) is 0.0870. The highest BCUT2D eigenvalue weighted by molar-refractivity contribution is 5.99. The highest BCUT2D eigenvalue weighted by atomic mass is 15.1. The maximum Gasteiger partial charge on any atom is 0.0543 e. The molecule has 1 nitrogen and oxygen atoms in total. The van der Waals surface area contributed by atoms with E-state index in [1.165, 1.54) is 55.7 Å². The Hall–Kier alpha value is -5.66. The minimum absolute atomic E-state index is 0.163. The molecule has 0 bridgehead atoms. The average Bonchev–Trinajstić information content (AvgIpc) is 3.35. The Labute approximate surface area is 279 Å². The second-order valence-electron chi connectivity index (χ2n) is 12.6. The molecule has 7 rings (SSSR count). The summed E-state index contributed by atoms with van der Waals surface area (Å²) in [6.07, 6.45) is 6.44. The van der Waals surface area contributed by atoms with Crippen LogP contribution in [0.4, 0.5) is 17.1 Å². The van der Waals surface area contributed by atoms with Crippen LogP contribution in [0.5, 0.6) is 0 Å². The molecule has 0 heterocycles. The van der Waals surface area contributed by atoms with Crippen molar-refractivity contribution < 1.29 is 0 Å². The molecular weight excluding hydrogens is 567 g/mol. The summed E-state index contributed by atoms with van der Waals surface area (Å²) in [5.74, 6) is 0. The Morgan fingerprint density at radius 3 is 1.70 bits per heavy atom. The van der Waals surface area contributed by atoms with Crippen LogP contribution in [0, 0.1) is 0 Å². The molecule has 0 radical (unpaired) electrons. The molecule has 0 amide bonds. The highest BCUT2D eigenvalue weighted by Crippen LogP contribution is 2.53. The summed E-state index contributed by atoms with van der Waals surface area (Å²) < 4.78 is 0. The Bertz CT molecular complexity index is 2100. The molecule has 47 heavy (non-hydrogen) atoms. The Morgan fingerprint density at radius 2 is 1.11 bits per heavy atom. The van der Waals surface area contributed by atoms with Gasteiger partial charge in [-0.05, 0) is 81.8 Å². The molecule has 0 N–H and O–H groups in total. The van der Waals surface area contributed by atoms with Gasteiger partial charge in [0.15, 0.2) is 0 Å². The number of fused-ring (bicyclic) bond motifs is 1. The SMILES string of the molecule is C=CC1=C(/C=C\C)C(C)(C)c2cccc(N(c3ccc(-c4ccccc4)cc3)c3ccc(-c4ccccc4)cc3-c3ccccc3)c21.